The predicted octanol–water partition coefficient (Wildman–Crippen LogP) is 5.75. The van der Waals surface area contributed by atoms with Crippen LogP contribution in [0.2, 0.25) is 5.02 Å². The van der Waals surface area contributed by atoms with Crippen LogP contribution in [-0.4, -0.2) is 34.6 Å². The van der Waals surface area contributed by atoms with E-state index in [1.165, 1.54) is 10.4 Å². The molecule has 8 heteroatoms. The quantitative estimate of drug-likeness (QED) is 0.376. The Hall–Kier alpha value is -3.16. The van der Waals surface area contributed by atoms with Crippen molar-refractivity contribution in [2.24, 2.45) is 5.10 Å². The molecular formula is C25H25ClN6S. The summed E-state index contributed by atoms with van der Waals surface area (Å²) in [6.45, 7) is 6.87. The molecule has 4 aromatic rings. The molecule has 5 rings (SSSR count). The second-order valence-corrected chi connectivity index (χ2v) is 10.1. The number of aryl methyl sites for hydroxylation is 2. The Bertz CT molecular complexity index is 1370. The number of halogens is 1. The molecule has 1 aliphatic heterocycles. The number of fused-ring (bicyclic) bond motifs is 3. The van der Waals surface area contributed by atoms with Gasteiger partial charge in [-0.2, -0.15) is 5.10 Å². The Morgan fingerprint density at radius 3 is 2.48 bits per heavy atom. The first-order valence-corrected chi connectivity index (χ1v) is 11.9. The van der Waals surface area contributed by atoms with E-state index in [4.69, 9.17) is 16.7 Å². The highest BCUT2D eigenvalue weighted by Gasteiger charge is 2.30. The van der Waals surface area contributed by atoms with Gasteiger partial charge in [0.15, 0.2) is 0 Å². The molecule has 0 aliphatic carbocycles. The Kier molecular flexibility index (Phi) is 5.46. The third kappa shape index (κ3) is 3.81. The second-order valence-electron chi connectivity index (χ2n) is 8.42. The number of benzene rings is 2. The van der Waals surface area contributed by atoms with Gasteiger partial charge >= 0.3 is 0 Å². The normalized spacial score (nSPS) is 12.8. The summed E-state index contributed by atoms with van der Waals surface area (Å²) in [7, 11) is 4.09. The summed E-state index contributed by atoms with van der Waals surface area (Å²) < 4.78 is 2.13. The highest BCUT2D eigenvalue weighted by molar-refractivity contribution is 7.15. The molecule has 33 heavy (non-hydrogen) atoms. The van der Waals surface area contributed by atoms with Crippen LogP contribution in [0.5, 0.6) is 0 Å². The van der Waals surface area contributed by atoms with Crippen molar-refractivity contribution < 1.29 is 0 Å². The van der Waals surface area contributed by atoms with Crippen molar-refractivity contribution in [2.75, 3.05) is 24.0 Å². The van der Waals surface area contributed by atoms with E-state index >= 15 is 0 Å². The summed E-state index contributed by atoms with van der Waals surface area (Å²) >= 11 is 7.95. The van der Waals surface area contributed by atoms with Gasteiger partial charge in [-0.15, -0.1) is 21.5 Å². The van der Waals surface area contributed by atoms with Gasteiger partial charge in [0.25, 0.3) is 5.95 Å². The molecule has 0 saturated heterocycles. The van der Waals surface area contributed by atoms with Gasteiger partial charge in [0.1, 0.15) is 16.5 Å². The topological polar surface area (TPSA) is 49.6 Å². The molecule has 168 valence electrons. The van der Waals surface area contributed by atoms with Crippen LogP contribution in [0.15, 0.2) is 53.6 Å². The summed E-state index contributed by atoms with van der Waals surface area (Å²) in [4.78, 5) is 3.36. The average molecular weight is 477 g/mol. The molecule has 0 saturated carbocycles. The zero-order valence-corrected chi connectivity index (χ0v) is 20.9. The van der Waals surface area contributed by atoms with Gasteiger partial charge in [-0.1, -0.05) is 35.9 Å². The Labute approximate surface area is 202 Å². The lowest BCUT2D eigenvalue weighted by Gasteiger charge is -2.19. The van der Waals surface area contributed by atoms with Gasteiger partial charge in [0, 0.05) is 40.8 Å². The van der Waals surface area contributed by atoms with E-state index in [9.17, 15) is 0 Å². The van der Waals surface area contributed by atoms with Crippen LogP contribution in [-0.2, 0) is 6.54 Å². The van der Waals surface area contributed by atoms with Crippen LogP contribution < -0.4 is 9.91 Å². The molecule has 0 radical (unpaired) electrons. The van der Waals surface area contributed by atoms with Gasteiger partial charge in [0.2, 0.25) is 0 Å². The van der Waals surface area contributed by atoms with E-state index in [0.29, 0.717) is 17.5 Å². The monoisotopic (exact) mass is 476 g/mol. The van der Waals surface area contributed by atoms with E-state index in [-0.39, 0.29) is 0 Å². The van der Waals surface area contributed by atoms with E-state index in [2.05, 4.69) is 57.8 Å². The van der Waals surface area contributed by atoms with E-state index in [1.54, 1.807) is 11.3 Å². The van der Waals surface area contributed by atoms with Crippen molar-refractivity contribution >= 4 is 40.3 Å². The number of thiophene rings is 1. The van der Waals surface area contributed by atoms with Crippen LogP contribution in [0.3, 0.4) is 0 Å². The van der Waals surface area contributed by atoms with Crippen molar-refractivity contribution in [1.82, 2.24) is 14.8 Å². The lowest BCUT2D eigenvalue weighted by Crippen LogP contribution is -2.21. The summed E-state index contributed by atoms with van der Waals surface area (Å²) in [5.74, 6) is 1.56. The van der Waals surface area contributed by atoms with Gasteiger partial charge in [0.05, 0.1) is 6.54 Å². The number of aromatic nitrogens is 3. The first-order chi connectivity index (χ1) is 15.8. The number of rotatable bonds is 4. The average Bonchev–Trinajstić information content (AvgIpc) is 3.27. The van der Waals surface area contributed by atoms with Crippen LogP contribution in [0.1, 0.15) is 33.0 Å². The Morgan fingerprint density at radius 1 is 1.00 bits per heavy atom. The maximum absolute atomic E-state index is 6.20. The SMILES string of the molecule is Cc1sc2c(c1C)C(c1ccc(Cl)cc1)=NN(Cc1cccc(N(C)C)c1)c1nnc(C)n1-2. The summed E-state index contributed by atoms with van der Waals surface area (Å²) in [6.07, 6.45) is 0. The Morgan fingerprint density at radius 2 is 1.76 bits per heavy atom. The Balaban J connectivity index is 1.72. The van der Waals surface area contributed by atoms with Crippen molar-refractivity contribution in [3.8, 4) is 5.00 Å². The standard InChI is InChI=1S/C25H25ClN6S/c1-15-16(2)33-24-22(15)23(19-9-11-20(26)12-10-19)29-31(25-28-27-17(3)32(24)25)14-18-7-6-8-21(13-18)30(4)5/h6-13H,14H2,1-5H3. The first kappa shape index (κ1) is 21.7. The largest absolute Gasteiger partial charge is 0.378 e. The van der Waals surface area contributed by atoms with Gasteiger partial charge in [-0.05, 0) is 56.2 Å². The number of hydrazone groups is 1. The van der Waals surface area contributed by atoms with Crippen molar-refractivity contribution in [2.45, 2.75) is 27.3 Å². The maximum atomic E-state index is 6.20. The third-order valence-electron chi connectivity index (χ3n) is 5.94. The zero-order valence-electron chi connectivity index (χ0n) is 19.3. The van der Waals surface area contributed by atoms with Crippen molar-refractivity contribution in [3.63, 3.8) is 0 Å². The van der Waals surface area contributed by atoms with Crippen LogP contribution in [0, 0.1) is 20.8 Å². The number of anilines is 2. The number of hydrogen-bond acceptors (Lipinski definition) is 6. The molecule has 3 heterocycles. The highest BCUT2D eigenvalue weighted by atomic mass is 35.5. The molecule has 2 aromatic heterocycles. The van der Waals surface area contributed by atoms with Gasteiger partial charge in [-0.25, -0.2) is 5.01 Å². The third-order valence-corrected chi connectivity index (χ3v) is 7.39. The minimum Gasteiger partial charge on any atom is -0.378 e. The predicted molar refractivity (Wildman–Crippen MR) is 137 cm³/mol. The first-order valence-electron chi connectivity index (χ1n) is 10.7. The molecule has 0 amide bonds. The molecule has 2 aromatic carbocycles. The molecule has 0 atom stereocenters. The summed E-state index contributed by atoms with van der Waals surface area (Å²) in [6, 6.07) is 16.4. The fourth-order valence-electron chi connectivity index (χ4n) is 4.04. The zero-order chi connectivity index (χ0) is 23.3. The number of nitrogens with zero attached hydrogens (tertiary/aromatic N) is 6. The van der Waals surface area contributed by atoms with E-state index in [1.807, 2.05) is 50.3 Å². The molecular weight excluding hydrogens is 452 g/mol. The van der Waals surface area contributed by atoms with Gasteiger partial charge in [-0.3, -0.25) is 4.57 Å². The smallest absolute Gasteiger partial charge is 0.253 e. The maximum Gasteiger partial charge on any atom is 0.253 e. The molecule has 0 bridgehead atoms. The minimum absolute atomic E-state index is 0.573. The molecule has 1 aliphatic rings. The lowest BCUT2D eigenvalue weighted by molar-refractivity contribution is 0.798. The molecule has 6 nitrogen and oxygen atoms in total. The summed E-state index contributed by atoms with van der Waals surface area (Å²) in [5.41, 5.74) is 6.56. The van der Waals surface area contributed by atoms with Crippen LogP contribution >= 0.6 is 22.9 Å². The molecule has 0 fully saturated rings. The van der Waals surface area contributed by atoms with E-state index < -0.39 is 0 Å². The van der Waals surface area contributed by atoms with Crippen molar-refractivity contribution in [3.05, 3.63) is 86.5 Å². The van der Waals surface area contributed by atoms with E-state index in [0.717, 1.165) is 38.9 Å². The summed E-state index contributed by atoms with van der Waals surface area (Å²) in [5, 5.41) is 17.9. The van der Waals surface area contributed by atoms with Crippen LogP contribution in [0.4, 0.5) is 11.6 Å². The minimum atomic E-state index is 0.573. The van der Waals surface area contributed by atoms with Gasteiger partial charge < -0.3 is 4.90 Å². The molecule has 0 N–H and O–H groups in total. The van der Waals surface area contributed by atoms with Crippen LogP contribution in [0.25, 0.3) is 5.00 Å². The highest BCUT2D eigenvalue weighted by Crippen LogP contribution is 2.38. The lowest BCUT2D eigenvalue weighted by atomic mass is 10.00. The number of hydrogen-bond donors (Lipinski definition) is 0. The fraction of sp³-hybridized carbons (Fsp3) is 0.240. The second kappa shape index (κ2) is 8.32. The molecule has 0 spiro atoms. The fourth-order valence-corrected chi connectivity index (χ4v) is 5.37. The molecule has 0 unspecified atom stereocenters. The van der Waals surface area contributed by atoms with Crippen molar-refractivity contribution in [1.29, 1.82) is 0 Å².